The van der Waals surface area contributed by atoms with Crippen LogP contribution in [0.5, 0.6) is 0 Å². The summed E-state index contributed by atoms with van der Waals surface area (Å²) in [5, 5.41) is 5.88. The molecule has 0 atom stereocenters. The van der Waals surface area contributed by atoms with Crippen molar-refractivity contribution in [3.8, 4) is 11.4 Å². The van der Waals surface area contributed by atoms with E-state index >= 15 is 0 Å². The van der Waals surface area contributed by atoms with Crippen molar-refractivity contribution in [2.75, 3.05) is 5.32 Å². The Morgan fingerprint density at radius 2 is 1.36 bits per heavy atom. The van der Waals surface area contributed by atoms with Crippen molar-refractivity contribution in [3.63, 3.8) is 0 Å². The first kappa shape index (κ1) is 19.3. The summed E-state index contributed by atoms with van der Waals surface area (Å²) in [6.07, 6.45) is 1.95. The first-order valence-electron chi connectivity index (χ1n) is 11.1. The number of hydrogen-bond acceptors (Lipinski definition) is 3. The van der Waals surface area contributed by atoms with Crippen molar-refractivity contribution in [2.45, 2.75) is 6.04 Å². The van der Waals surface area contributed by atoms with E-state index < -0.39 is 0 Å². The molecule has 0 amide bonds. The molecule has 0 radical (unpaired) electrons. The number of rotatable bonds is 5. The lowest BCUT2D eigenvalue weighted by atomic mass is 9.98. The van der Waals surface area contributed by atoms with Gasteiger partial charge >= 0.3 is 0 Å². The highest BCUT2D eigenvalue weighted by Crippen LogP contribution is 2.31. The molecule has 0 aliphatic heterocycles. The topological polar surface area (TPSA) is 53.6 Å². The summed E-state index contributed by atoms with van der Waals surface area (Å²) in [4.78, 5) is 13.2. The summed E-state index contributed by atoms with van der Waals surface area (Å²) < 4.78 is 0. The molecule has 4 heteroatoms. The monoisotopic (exact) mass is 426 g/mol. The molecule has 0 aliphatic carbocycles. The van der Waals surface area contributed by atoms with Crippen molar-refractivity contribution < 1.29 is 0 Å². The molecule has 158 valence electrons. The zero-order valence-corrected chi connectivity index (χ0v) is 17.9. The van der Waals surface area contributed by atoms with Crippen molar-refractivity contribution in [1.29, 1.82) is 0 Å². The minimum Gasteiger partial charge on any atom is -0.361 e. The number of para-hydroxylation sites is 1. The van der Waals surface area contributed by atoms with Gasteiger partial charge in [-0.25, -0.2) is 9.97 Å². The van der Waals surface area contributed by atoms with Gasteiger partial charge in [0.25, 0.3) is 0 Å². The predicted octanol–water partition coefficient (Wildman–Crippen LogP) is 6.98. The molecule has 0 spiro atoms. The molecule has 33 heavy (non-hydrogen) atoms. The Morgan fingerprint density at radius 1 is 0.667 bits per heavy atom. The van der Waals surface area contributed by atoms with Gasteiger partial charge < -0.3 is 10.3 Å². The molecule has 6 aromatic rings. The van der Waals surface area contributed by atoms with E-state index in [4.69, 9.17) is 9.97 Å². The van der Waals surface area contributed by atoms with Gasteiger partial charge in [0.1, 0.15) is 5.82 Å². The smallest absolute Gasteiger partial charge is 0.162 e. The Bertz CT molecular complexity index is 1500. The molecule has 2 aromatic heterocycles. The van der Waals surface area contributed by atoms with Crippen LogP contribution in [0.25, 0.3) is 33.2 Å². The average Bonchev–Trinajstić information content (AvgIpc) is 3.36. The normalized spacial score (nSPS) is 11.3. The second-order valence-corrected chi connectivity index (χ2v) is 8.09. The Kier molecular flexibility index (Phi) is 4.81. The number of aromatic amines is 1. The summed E-state index contributed by atoms with van der Waals surface area (Å²) >= 11 is 0. The van der Waals surface area contributed by atoms with Gasteiger partial charge in [0.05, 0.1) is 11.6 Å². The van der Waals surface area contributed by atoms with Crippen LogP contribution < -0.4 is 5.32 Å². The van der Waals surface area contributed by atoms with Crippen LogP contribution in [-0.4, -0.2) is 15.0 Å². The standard InChI is InChI=1S/C29H22N4/c1-3-9-20(10-4-1)27(21-11-5-2-6-12-21)32-29-24-13-7-8-14-26(24)31-28(33-29)23-15-16-25-22(19-23)17-18-30-25/h1-19,27,30H,(H,31,32,33). The maximum Gasteiger partial charge on any atom is 0.162 e. The summed E-state index contributed by atoms with van der Waals surface area (Å²) in [6.45, 7) is 0. The molecule has 4 aromatic carbocycles. The summed E-state index contributed by atoms with van der Waals surface area (Å²) in [5.41, 5.74) is 5.38. The quantitative estimate of drug-likeness (QED) is 0.313. The fourth-order valence-electron chi connectivity index (χ4n) is 4.29. The van der Waals surface area contributed by atoms with Crippen LogP contribution in [0.2, 0.25) is 0 Å². The highest BCUT2D eigenvalue weighted by molar-refractivity contribution is 5.92. The number of H-pyrrole nitrogens is 1. The Labute approximate surface area is 192 Å². The van der Waals surface area contributed by atoms with E-state index in [1.165, 1.54) is 11.1 Å². The summed E-state index contributed by atoms with van der Waals surface area (Å²) in [7, 11) is 0. The van der Waals surface area contributed by atoms with Crippen LogP contribution in [0.4, 0.5) is 5.82 Å². The SMILES string of the molecule is c1ccc(C(Nc2nc(-c3ccc4[nH]ccc4c3)nc3ccccc23)c2ccccc2)cc1. The van der Waals surface area contributed by atoms with Crippen molar-refractivity contribution in [2.24, 2.45) is 0 Å². The molecule has 0 unspecified atom stereocenters. The lowest BCUT2D eigenvalue weighted by Crippen LogP contribution is -2.14. The number of nitrogens with one attached hydrogen (secondary N) is 2. The molecular weight excluding hydrogens is 404 g/mol. The molecule has 6 rings (SSSR count). The van der Waals surface area contributed by atoms with E-state index in [9.17, 15) is 0 Å². The number of anilines is 1. The molecule has 0 saturated carbocycles. The third kappa shape index (κ3) is 3.72. The second kappa shape index (κ2) is 8.24. The molecule has 2 N–H and O–H groups in total. The van der Waals surface area contributed by atoms with Crippen LogP contribution >= 0.6 is 0 Å². The minimum absolute atomic E-state index is 0.0364. The van der Waals surface area contributed by atoms with Crippen molar-refractivity contribution in [3.05, 3.63) is 127 Å². The minimum atomic E-state index is -0.0364. The fraction of sp³-hybridized carbons (Fsp3) is 0.0345. The average molecular weight is 427 g/mol. The van der Waals surface area contributed by atoms with Crippen LogP contribution in [0.15, 0.2) is 115 Å². The van der Waals surface area contributed by atoms with E-state index in [0.29, 0.717) is 5.82 Å². The molecule has 0 saturated heterocycles. The molecular formula is C29H22N4. The summed E-state index contributed by atoms with van der Waals surface area (Å²) in [5.74, 6) is 1.53. The van der Waals surface area contributed by atoms with Crippen LogP contribution in [0, 0.1) is 0 Å². The number of hydrogen-bond donors (Lipinski definition) is 2. The van der Waals surface area contributed by atoms with Crippen LogP contribution in [0.1, 0.15) is 17.2 Å². The van der Waals surface area contributed by atoms with Gasteiger partial charge in [0.15, 0.2) is 5.82 Å². The van der Waals surface area contributed by atoms with Crippen molar-refractivity contribution in [1.82, 2.24) is 15.0 Å². The highest BCUT2D eigenvalue weighted by Gasteiger charge is 2.17. The Balaban J connectivity index is 1.50. The first-order chi connectivity index (χ1) is 16.3. The van der Waals surface area contributed by atoms with Gasteiger partial charge in [-0.05, 0) is 47.5 Å². The van der Waals surface area contributed by atoms with Gasteiger partial charge in [-0.3, -0.25) is 0 Å². The molecule has 2 heterocycles. The maximum atomic E-state index is 5.02. The van der Waals surface area contributed by atoms with Gasteiger partial charge in [-0.1, -0.05) is 72.8 Å². The first-order valence-corrected chi connectivity index (χ1v) is 11.1. The molecule has 0 fully saturated rings. The van der Waals surface area contributed by atoms with Gasteiger partial charge in [-0.2, -0.15) is 0 Å². The number of fused-ring (bicyclic) bond motifs is 2. The molecule has 0 bridgehead atoms. The number of benzene rings is 4. The van der Waals surface area contributed by atoms with Crippen LogP contribution in [-0.2, 0) is 0 Å². The largest absolute Gasteiger partial charge is 0.361 e. The van der Waals surface area contributed by atoms with E-state index in [0.717, 1.165) is 33.2 Å². The number of nitrogens with zero attached hydrogens (tertiary/aromatic N) is 2. The lowest BCUT2D eigenvalue weighted by Gasteiger charge is -2.22. The third-order valence-corrected chi connectivity index (χ3v) is 5.96. The zero-order valence-electron chi connectivity index (χ0n) is 17.9. The third-order valence-electron chi connectivity index (χ3n) is 5.96. The second-order valence-electron chi connectivity index (χ2n) is 8.09. The van der Waals surface area contributed by atoms with Gasteiger partial charge in [-0.15, -0.1) is 0 Å². The number of aromatic nitrogens is 3. The van der Waals surface area contributed by atoms with E-state index in [2.05, 4.69) is 89.2 Å². The van der Waals surface area contributed by atoms with E-state index in [1.807, 2.05) is 36.5 Å². The fourth-order valence-corrected chi connectivity index (χ4v) is 4.29. The van der Waals surface area contributed by atoms with Crippen molar-refractivity contribution >= 4 is 27.6 Å². The highest BCUT2D eigenvalue weighted by atomic mass is 15.1. The Morgan fingerprint density at radius 3 is 2.12 bits per heavy atom. The van der Waals surface area contributed by atoms with Crippen LogP contribution in [0.3, 0.4) is 0 Å². The maximum absolute atomic E-state index is 5.02. The van der Waals surface area contributed by atoms with E-state index in [-0.39, 0.29) is 6.04 Å². The predicted molar refractivity (Wildman–Crippen MR) is 135 cm³/mol. The van der Waals surface area contributed by atoms with Gasteiger partial charge in [0.2, 0.25) is 0 Å². The summed E-state index contributed by atoms with van der Waals surface area (Å²) in [6, 6.07) is 37.4. The Hall–Kier alpha value is -4.44. The lowest BCUT2D eigenvalue weighted by molar-refractivity contribution is 0.928. The van der Waals surface area contributed by atoms with E-state index in [1.54, 1.807) is 0 Å². The molecule has 0 aliphatic rings. The molecule has 4 nitrogen and oxygen atoms in total. The zero-order chi connectivity index (χ0) is 22.0. The van der Waals surface area contributed by atoms with Gasteiger partial charge in [0, 0.05) is 28.0 Å².